The van der Waals surface area contributed by atoms with Gasteiger partial charge < -0.3 is 24.6 Å². The zero-order chi connectivity index (χ0) is 40.3. The molecular weight excluding hydrogens is 758 g/mol. The average molecular weight is 816 g/mol. The highest BCUT2D eigenvalue weighted by Crippen LogP contribution is 2.39. The van der Waals surface area contributed by atoms with Crippen LogP contribution in [0.5, 0.6) is 0 Å². The molecule has 1 saturated heterocycles. The molecule has 4 rings (SSSR count). The zero-order valence-corrected chi connectivity index (χ0v) is 34.6. The SMILES string of the molecule is CCCCCCCCCCCCCCCC(=O)OCc1ccccc1C(=O)OC[C@@]1(C)O[C@@H](n2cnc3c(NC(=O)CCCSC(C)=O)nc(Cl)nc32)C[C@@H]1O. The summed E-state index contributed by atoms with van der Waals surface area (Å²) in [5.74, 6) is -0.602. The van der Waals surface area contributed by atoms with Crippen molar-refractivity contribution in [2.45, 2.75) is 154 Å². The van der Waals surface area contributed by atoms with Gasteiger partial charge in [-0.15, -0.1) is 0 Å². The second kappa shape index (κ2) is 23.6. The van der Waals surface area contributed by atoms with Crippen LogP contribution in [0.2, 0.25) is 5.28 Å². The second-order valence-electron chi connectivity index (χ2n) is 14.7. The molecule has 1 aliphatic heterocycles. The Labute approximate surface area is 339 Å². The summed E-state index contributed by atoms with van der Waals surface area (Å²) in [5, 5.41) is 13.7. The highest BCUT2D eigenvalue weighted by Gasteiger charge is 2.47. The molecule has 15 heteroatoms. The summed E-state index contributed by atoms with van der Waals surface area (Å²) >= 11 is 7.38. The number of aromatic nitrogens is 4. The van der Waals surface area contributed by atoms with Crippen molar-refractivity contribution in [1.82, 2.24) is 19.5 Å². The molecule has 0 aliphatic carbocycles. The molecule has 308 valence electrons. The Morgan fingerprint density at radius 1 is 0.946 bits per heavy atom. The first-order valence-corrected chi connectivity index (χ1v) is 21.5. The van der Waals surface area contributed by atoms with Crippen LogP contribution in [0.1, 0.15) is 152 Å². The summed E-state index contributed by atoms with van der Waals surface area (Å²) in [7, 11) is 0. The predicted octanol–water partition coefficient (Wildman–Crippen LogP) is 8.90. The molecule has 56 heavy (non-hydrogen) atoms. The van der Waals surface area contributed by atoms with Crippen LogP contribution >= 0.6 is 23.4 Å². The lowest BCUT2D eigenvalue weighted by Crippen LogP contribution is -2.41. The number of fused-ring (bicyclic) bond motifs is 1. The first kappa shape index (κ1) is 45.1. The Morgan fingerprint density at radius 3 is 2.29 bits per heavy atom. The van der Waals surface area contributed by atoms with Crippen LogP contribution in [0.3, 0.4) is 0 Å². The number of hydrogen-bond donors (Lipinski definition) is 2. The van der Waals surface area contributed by atoms with Crippen molar-refractivity contribution in [3.63, 3.8) is 0 Å². The molecule has 3 atom stereocenters. The first-order valence-electron chi connectivity index (χ1n) is 20.1. The Kier molecular flexibility index (Phi) is 19.0. The number of nitrogens with one attached hydrogen (secondary N) is 1. The number of anilines is 1. The summed E-state index contributed by atoms with van der Waals surface area (Å²) in [6.45, 7) is 5.05. The molecular formula is C41H58ClN5O8S. The smallest absolute Gasteiger partial charge is 0.338 e. The van der Waals surface area contributed by atoms with E-state index in [0.29, 0.717) is 24.2 Å². The number of aliphatic hydroxyl groups is 1. The third-order valence-corrected chi connectivity index (χ3v) is 11.0. The van der Waals surface area contributed by atoms with Crippen LogP contribution in [0.25, 0.3) is 11.2 Å². The van der Waals surface area contributed by atoms with Crippen molar-refractivity contribution < 1.29 is 38.5 Å². The van der Waals surface area contributed by atoms with Crippen molar-refractivity contribution in [3.05, 3.63) is 47.0 Å². The number of imidazole rings is 1. The van der Waals surface area contributed by atoms with Gasteiger partial charge in [0, 0.05) is 37.5 Å². The topological polar surface area (TPSA) is 172 Å². The Morgan fingerprint density at radius 2 is 1.61 bits per heavy atom. The molecule has 3 heterocycles. The Hall–Kier alpha value is -3.59. The molecule has 1 fully saturated rings. The van der Waals surface area contributed by atoms with E-state index in [-0.39, 0.29) is 70.9 Å². The van der Waals surface area contributed by atoms with Crippen molar-refractivity contribution >= 4 is 63.3 Å². The minimum atomic E-state index is -1.28. The number of nitrogens with zero attached hydrogens (tertiary/aromatic N) is 4. The predicted molar refractivity (Wildman–Crippen MR) is 217 cm³/mol. The maximum absolute atomic E-state index is 13.3. The Balaban J connectivity index is 1.21. The molecule has 13 nitrogen and oxygen atoms in total. The number of aliphatic hydroxyl groups excluding tert-OH is 1. The second-order valence-corrected chi connectivity index (χ2v) is 16.3. The molecule has 0 spiro atoms. The quantitative estimate of drug-likeness (QED) is 0.0473. The normalized spacial score (nSPS) is 17.9. The molecule has 1 aromatic carbocycles. The van der Waals surface area contributed by atoms with E-state index in [1.165, 1.54) is 77.5 Å². The molecule has 2 aromatic heterocycles. The molecule has 3 aromatic rings. The van der Waals surface area contributed by atoms with Crippen LogP contribution in [0, 0.1) is 0 Å². The first-order chi connectivity index (χ1) is 27.0. The van der Waals surface area contributed by atoms with E-state index in [2.05, 4.69) is 27.2 Å². The fourth-order valence-electron chi connectivity index (χ4n) is 6.66. The minimum Gasteiger partial charge on any atom is -0.461 e. The minimum absolute atomic E-state index is 0.0104. The van der Waals surface area contributed by atoms with E-state index >= 15 is 0 Å². The maximum Gasteiger partial charge on any atom is 0.338 e. The van der Waals surface area contributed by atoms with Gasteiger partial charge in [0.15, 0.2) is 22.1 Å². The van der Waals surface area contributed by atoms with Crippen molar-refractivity contribution in [1.29, 1.82) is 0 Å². The Bertz CT molecular complexity index is 1740. The summed E-state index contributed by atoms with van der Waals surface area (Å²) in [5.41, 5.74) is 0.0568. The average Bonchev–Trinajstić information content (AvgIpc) is 3.73. The third-order valence-electron chi connectivity index (χ3n) is 9.95. The summed E-state index contributed by atoms with van der Waals surface area (Å²) in [6, 6.07) is 6.79. The lowest BCUT2D eigenvalue weighted by molar-refractivity contribution is -0.145. The molecule has 0 saturated carbocycles. The van der Waals surface area contributed by atoms with E-state index in [9.17, 15) is 24.3 Å². The fraction of sp³-hybridized carbons (Fsp3) is 0.634. The van der Waals surface area contributed by atoms with Gasteiger partial charge in [-0.25, -0.2) is 9.78 Å². The lowest BCUT2D eigenvalue weighted by atomic mass is 10.0. The van der Waals surface area contributed by atoms with Crippen molar-refractivity contribution in [3.8, 4) is 0 Å². The van der Waals surface area contributed by atoms with Gasteiger partial charge in [-0.2, -0.15) is 9.97 Å². The van der Waals surface area contributed by atoms with Gasteiger partial charge in [0.25, 0.3) is 0 Å². The molecule has 0 bridgehead atoms. The molecule has 1 amide bonds. The lowest BCUT2D eigenvalue weighted by Gasteiger charge is -2.27. The summed E-state index contributed by atoms with van der Waals surface area (Å²) in [4.78, 5) is 62.3. The van der Waals surface area contributed by atoms with E-state index in [4.69, 9.17) is 25.8 Å². The van der Waals surface area contributed by atoms with Gasteiger partial charge in [0.1, 0.15) is 25.0 Å². The maximum atomic E-state index is 13.3. The van der Waals surface area contributed by atoms with E-state index in [0.717, 1.165) is 31.0 Å². The largest absolute Gasteiger partial charge is 0.461 e. The molecule has 1 aliphatic rings. The summed E-state index contributed by atoms with van der Waals surface area (Å²) in [6.07, 6.45) is 16.8. The number of hydrogen-bond acceptors (Lipinski definition) is 12. The number of unbranched alkanes of at least 4 members (excludes halogenated alkanes) is 12. The number of carbonyl (C=O) groups excluding carboxylic acids is 4. The van der Waals surface area contributed by atoms with Gasteiger partial charge in [-0.1, -0.05) is 114 Å². The molecule has 2 N–H and O–H groups in total. The van der Waals surface area contributed by atoms with Gasteiger partial charge in [-0.05, 0) is 37.4 Å². The van der Waals surface area contributed by atoms with Gasteiger partial charge >= 0.3 is 11.9 Å². The zero-order valence-electron chi connectivity index (χ0n) is 33.1. The third kappa shape index (κ3) is 14.4. The van der Waals surface area contributed by atoms with Gasteiger partial charge in [0.05, 0.1) is 18.0 Å². The van der Waals surface area contributed by atoms with Crippen LogP contribution in [0.15, 0.2) is 30.6 Å². The van der Waals surface area contributed by atoms with E-state index in [1.54, 1.807) is 35.8 Å². The fourth-order valence-corrected chi connectivity index (χ4v) is 7.40. The molecule has 0 radical (unpaired) electrons. The number of halogens is 1. The number of amides is 1. The molecule has 0 unspecified atom stereocenters. The summed E-state index contributed by atoms with van der Waals surface area (Å²) < 4.78 is 19.0. The number of esters is 2. The van der Waals surface area contributed by atoms with E-state index < -0.39 is 23.9 Å². The number of ether oxygens (including phenoxy) is 3. The van der Waals surface area contributed by atoms with Crippen LogP contribution < -0.4 is 5.32 Å². The highest BCUT2D eigenvalue weighted by molar-refractivity contribution is 8.13. The standard InChI is InChI=1S/C41H58ClN5O8S/c1-4-5-6-7-8-9-10-11-12-13-14-15-16-23-35(51)53-26-30-20-17-18-21-31(30)39(52)54-27-41(3)32(49)25-34(55-41)47-28-43-36-37(45-40(42)46-38(36)47)44-33(50)22-19-24-56-29(2)48/h17-18,20-21,28,32,34,49H,4-16,19,22-27H2,1-3H3,(H,44,45,46,50)/t32-,34+,41+/m0/s1. The van der Waals surface area contributed by atoms with Crippen LogP contribution in [-0.2, 0) is 35.2 Å². The highest BCUT2D eigenvalue weighted by atomic mass is 35.5. The number of benzene rings is 1. The number of rotatable bonds is 25. The van der Waals surface area contributed by atoms with E-state index in [1.807, 2.05) is 0 Å². The van der Waals surface area contributed by atoms with Gasteiger partial charge in [0.2, 0.25) is 11.2 Å². The van der Waals surface area contributed by atoms with Crippen LogP contribution in [-0.4, -0.2) is 71.7 Å². The van der Waals surface area contributed by atoms with Crippen molar-refractivity contribution in [2.75, 3.05) is 17.7 Å². The van der Waals surface area contributed by atoms with Gasteiger partial charge in [-0.3, -0.25) is 19.0 Å². The van der Waals surface area contributed by atoms with Crippen LogP contribution in [0.4, 0.5) is 5.82 Å². The van der Waals surface area contributed by atoms with Crippen molar-refractivity contribution in [2.24, 2.45) is 0 Å². The number of thioether (sulfide) groups is 1. The monoisotopic (exact) mass is 815 g/mol. The number of carbonyl (C=O) groups is 4.